The molecule has 0 aliphatic carbocycles. The predicted molar refractivity (Wildman–Crippen MR) is 122 cm³/mol. The van der Waals surface area contributed by atoms with Gasteiger partial charge in [-0.25, -0.2) is 0 Å². The van der Waals surface area contributed by atoms with Crippen LogP contribution in [0.5, 0.6) is 5.75 Å². The van der Waals surface area contributed by atoms with E-state index in [1.165, 1.54) is 5.56 Å². The van der Waals surface area contributed by atoms with Gasteiger partial charge in [0.05, 0.1) is 13.2 Å². The van der Waals surface area contributed by atoms with Crippen LogP contribution in [0, 0.1) is 5.92 Å². The highest BCUT2D eigenvalue weighted by molar-refractivity contribution is 8.00. The van der Waals surface area contributed by atoms with Crippen LogP contribution in [0.1, 0.15) is 19.4 Å². The molecule has 7 heteroatoms. The molecule has 1 N–H and O–H groups in total. The SMILES string of the molecule is CN=C(NCc1ccccc1OCCN1CCOCC1)N1CCSC(C(C)C)C1. The van der Waals surface area contributed by atoms with Gasteiger partial charge >= 0.3 is 0 Å². The molecule has 0 aromatic heterocycles. The number of hydrogen-bond donors (Lipinski definition) is 1. The standard InChI is InChI=1S/C22H36N4O2S/c1-18(2)21-17-26(11-15-29-21)22(23-3)24-16-19-6-4-5-7-20(19)28-14-10-25-8-12-27-13-9-25/h4-7,18,21H,8-17H2,1-3H3,(H,23,24). The molecule has 162 valence electrons. The van der Waals surface area contributed by atoms with E-state index >= 15 is 0 Å². The molecule has 6 nitrogen and oxygen atoms in total. The van der Waals surface area contributed by atoms with Crippen molar-refractivity contribution < 1.29 is 9.47 Å². The van der Waals surface area contributed by atoms with Crippen LogP contribution in [0.4, 0.5) is 0 Å². The topological polar surface area (TPSA) is 49.3 Å². The van der Waals surface area contributed by atoms with E-state index in [9.17, 15) is 0 Å². The van der Waals surface area contributed by atoms with Crippen molar-refractivity contribution in [2.45, 2.75) is 25.6 Å². The number of rotatable bonds is 7. The molecular formula is C22H36N4O2S. The van der Waals surface area contributed by atoms with E-state index in [2.05, 4.69) is 63.9 Å². The van der Waals surface area contributed by atoms with Crippen molar-refractivity contribution >= 4 is 17.7 Å². The second-order valence-electron chi connectivity index (χ2n) is 7.91. The van der Waals surface area contributed by atoms with Gasteiger partial charge in [0.15, 0.2) is 5.96 Å². The summed E-state index contributed by atoms with van der Waals surface area (Å²) in [6.45, 7) is 12.7. The summed E-state index contributed by atoms with van der Waals surface area (Å²) < 4.78 is 11.5. The lowest BCUT2D eigenvalue weighted by Gasteiger charge is -2.36. The molecule has 1 unspecified atom stereocenters. The number of nitrogens with zero attached hydrogens (tertiary/aromatic N) is 3. The maximum Gasteiger partial charge on any atom is 0.193 e. The molecule has 0 radical (unpaired) electrons. The fourth-order valence-corrected chi connectivity index (χ4v) is 4.98. The molecule has 2 fully saturated rings. The summed E-state index contributed by atoms with van der Waals surface area (Å²) in [4.78, 5) is 9.32. The summed E-state index contributed by atoms with van der Waals surface area (Å²) in [5.74, 6) is 3.78. The zero-order chi connectivity index (χ0) is 20.5. The van der Waals surface area contributed by atoms with Crippen molar-refractivity contribution in [3.8, 4) is 5.75 Å². The molecule has 0 spiro atoms. The van der Waals surface area contributed by atoms with Gasteiger partial charge in [0.1, 0.15) is 12.4 Å². The Hall–Kier alpha value is -1.44. The van der Waals surface area contributed by atoms with Crippen LogP contribution in [0.15, 0.2) is 29.3 Å². The van der Waals surface area contributed by atoms with E-state index < -0.39 is 0 Å². The van der Waals surface area contributed by atoms with Crippen molar-refractivity contribution in [3.63, 3.8) is 0 Å². The molecule has 2 saturated heterocycles. The van der Waals surface area contributed by atoms with Crippen molar-refractivity contribution in [1.29, 1.82) is 0 Å². The molecule has 3 rings (SSSR count). The lowest BCUT2D eigenvalue weighted by Crippen LogP contribution is -2.48. The maximum absolute atomic E-state index is 6.12. The number of guanidine groups is 1. The Bertz CT molecular complexity index is 649. The lowest BCUT2D eigenvalue weighted by atomic mass is 10.1. The van der Waals surface area contributed by atoms with Crippen LogP contribution in [-0.4, -0.2) is 86.4 Å². The number of nitrogens with one attached hydrogen (secondary N) is 1. The summed E-state index contributed by atoms with van der Waals surface area (Å²) in [5.41, 5.74) is 1.17. The van der Waals surface area contributed by atoms with Gasteiger partial charge in [0, 0.05) is 62.9 Å². The zero-order valence-electron chi connectivity index (χ0n) is 18.1. The first-order valence-electron chi connectivity index (χ1n) is 10.8. The third-order valence-corrected chi connectivity index (χ3v) is 7.07. The fourth-order valence-electron chi connectivity index (χ4n) is 3.68. The van der Waals surface area contributed by atoms with Crippen LogP contribution in [0.2, 0.25) is 0 Å². The maximum atomic E-state index is 6.12. The summed E-state index contributed by atoms with van der Waals surface area (Å²) in [6.07, 6.45) is 0. The van der Waals surface area contributed by atoms with Gasteiger partial charge in [-0.1, -0.05) is 32.0 Å². The van der Waals surface area contributed by atoms with Gasteiger partial charge in [-0.2, -0.15) is 11.8 Å². The molecule has 2 aliphatic rings. The minimum Gasteiger partial charge on any atom is -0.492 e. The highest BCUT2D eigenvalue weighted by atomic mass is 32.2. The molecule has 2 heterocycles. The quantitative estimate of drug-likeness (QED) is 0.540. The molecule has 1 atom stereocenters. The van der Waals surface area contributed by atoms with Crippen molar-refractivity contribution in [3.05, 3.63) is 29.8 Å². The van der Waals surface area contributed by atoms with Crippen LogP contribution in [0.3, 0.4) is 0 Å². The Morgan fingerprint density at radius 2 is 2.07 bits per heavy atom. The molecular weight excluding hydrogens is 384 g/mol. The minimum absolute atomic E-state index is 0.665. The average Bonchev–Trinajstić information content (AvgIpc) is 2.76. The number of aliphatic imine (C=N–C) groups is 1. The second kappa shape index (κ2) is 11.7. The molecule has 0 bridgehead atoms. The van der Waals surface area contributed by atoms with Crippen LogP contribution in [0.25, 0.3) is 0 Å². The summed E-state index contributed by atoms with van der Waals surface area (Å²) in [5, 5.41) is 4.22. The number of thioether (sulfide) groups is 1. The minimum atomic E-state index is 0.665. The third-order valence-electron chi connectivity index (χ3n) is 5.53. The van der Waals surface area contributed by atoms with Crippen molar-refractivity contribution in [1.82, 2.24) is 15.1 Å². The summed E-state index contributed by atoms with van der Waals surface area (Å²) in [6, 6.07) is 8.30. The summed E-state index contributed by atoms with van der Waals surface area (Å²) in [7, 11) is 1.87. The van der Waals surface area contributed by atoms with E-state index in [4.69, 9.17) is 9.47 Å². The lowest BCUT2D eigenvalue weighted by molar-refractivity contribution is 0.0322. The number of ether oxygens (including phenoxy) is 2. The van der Waals surface area contributed by atoms with E-state index in [0.29, 0.717) is 17.8 Å². The average molecular weight is 421 g/mol. The van der Waals surface area contributed by atoms with E-state index in [-0.39, 0.29) is 0 Å². The highest BCUT2D eigenvalue weighted by Gasteiger charge is 2.24. The van der Waals surface area contributed by atoms with Gasteiger partial charge in [-0.15, -0.1) is 0 Å². The van der Waals surface area contributed by atoms with Crippen molar-refractivity contribution in [2.24, 2.45) is 10.9 Å². The molecule has 2 aliphatic heterocycles. The first kappa shape index (κ1) is 22.2. The Kier molecular flexibility index (Phi) is 8.95. The third kappa shape index (κ3) is 6.79. The normalized spacial score (nSPS) is 21.4. The monoisotopic (exact) mass is 420 g/mol. The molecule has 1 aromatic rings. The van der Waals surface area contributed by atoms with Gasteiger partial charge in [0.25, 0.3) is 0 Å². The number of morpholine rings is 1. The van der Waals surface area contributed by atoms with Crippen LogP contribution in [-0.2, 0) is 11.3 Å². The zero-order valence-corrected chi connectivity index (χ0v) is 18.9. The van der Waals surface area contributed by atoms with Crippen LogP contribution >= 0.6 is 11.8 Å². The predicted octanol–water partition coefficient (Wildman–Crippen LogP) is 2.55. The van der Waals surface area contributed by atoms with E-state index in [0.717, 1.165) is 69.9 Å². The fraction of sp³-hybridized carbons (Fsp3) is 0.682. The Balaban J connectivity index is 1.51. The second-order valence-corrected chi connectivity index (χ2v) is 9.26. The Morgan fingerprint density at radius 1 is 1.28 bits per heavy atom. The van der Waals surface area contributed by atoms with Crippen LogP contribution < -0.4 is 10.1 Å². The van der Waals surface area contributed by atoms with E-state index in [1.54, 1.807) is 0 Å². The molecule has 0 saturated carbocycles. The van der Waals surface area contributed by atoms with Crippen molar-refractivity contribution in [2.75, 3.05) is 65.3 Å². The number of hydrogen-bond acceptors (Lipinski definition) is 5. The van der Waals surface area contributed by atoms with E-state index in [1.807, 2.05) is 13.1 Å². The molecule has 1 aromatic carbocycles. The van der Waals surface area contributed by atoms with Gasteiger partial charge < -0.3 is 19.7 Å². The number of benzene rings is 1. The first-order chi connectivity index (χ1) is 14.2. The van der Waals surface area contributed by atoms with Gasteiger partial charge in [-0.05, 0) is 12.0 Å². The summed E-state index contributed by atoms with van der Waals surface area (Å²) >= 11 is 2.08. The molecule has 0 amide bonds. The number of para-hydroxylation sites is 1. The largest absolute Gasteiger partial charge is 0.492 e. The molecule has 29 heavy (non-hydrogen) atoms. The van der Waals surface area contributed by atoms with Gasteiger partial charge in [0.2, 0.25) is 0 Å². The highest BCUT2D eigenvalue weighted by Crippen LogP contribution is 2.25. The van der Waals surface area contributed by atoms with Gasteiger partial charge in [-0.3, -0.25) is 9.89 Å². The first-order valence-corrected chi connectivity index (χ1v) is 11.8. The Labute approximate surface area is 180 Å². The smallest absolute Gasteiger partial charge is 0.193 e. The Morgan fingerprint density at radius 3 is 2.83 bits per heavy atom.